The first-order valence-corrected chi connectivity index (χ1v) is 7.91. The zero-order chi connectivity index (χ0) is 21.7. The van der Waals surface area contributed by atoms with Crippen LogP contribution in [0.4, 0.5) is 24.5 Å². The molecule has 2 aromatic rings. The van der Waals surface area contributed by atoms with Crippen molar-refractivity contribution in [2.75, 3.05) is 12.5 Å². The summed E-state index contributed by atoms with van der Waals surface area (Å²) in [6, 6.07) is 11.3. The Morgan fingerprint density at radius 1 is 1.03 bits per heavy atom. The first-order chi connectivity index (χ1) is 13.6. The molecule has 0 aliphatic rings. The van der Waals surface area contributed by atoms with E-state index in [1.54, 1.807) is 16.8 Å². The Hall–Kier alpha value is -3.67. The lowest BCUT2D eigenvalue weighted by Gasteiger charge is -2.34. The van der Waals surface area contributed by atoms with Gasteiger partial charge in [-0.2, -0.15) is 18.6 Å². The number of halogens is 3. The van der Waals surface area contributed by atoms with E-state index in [1.165, 1.54) is 24.3 Å². The Balaban J connectivity index is 2.34. The van der Waals surface area contributed by atoms with E-state index in [9.17, 15) is 32.9 Å². The number of nitrogens with one attached hydrogen (secondary N) is 3. The third-order valence-corrected chi connectivity index (χ3v) is 3.73. The molecule has 0 bridgehead atoms. The number of carbonyl (C=O) groups is 2. The molecule has 0 radical (unpaired) electrons. The first-order valence-electron chi connectivity index (χ1n) is 7.91. The van der Waals surface area contributed by atoms with Crippen LogP contribution in [-0.2, 0) is 9.53 Å². The molecular formula is C17H15F3N4O5. The Morgan fingerprint density at radius 3 is 2.10 bits per heavy atom. The van der Waals surface area contributed by atoms with E-state index < -0.39 is 28.6 Å². The average Bonchev–Trinajstić information content (AvgIpc) is 2.70. The summed E-state index contributed by atoms with van der Waals surface area (Å²) in [4.78, 5) is 34.3. The van der Waals surface area contributed by atoms with E-state index >= 15 is 0 Å². The molecule has 0 aliphatic carbocycles. The van der Waals surface area contributed by atoms with Crippen molar-refractivity contribution in [3.05, 3.63) is 70.3 Å². The molecule has 12 heteroatoms. The summed E-state index contributed by atoms with van der Waals surface area (Å²) >= 11 is 0. The molecule has 1 amide bonds. The number of nitro benzene ring substituents is 1. The van der Waals surface area contributed by atoms with Gasteiger partial charge in [0.1, 0.15) is 0 Å². The molecule has 1 atom stereocenters. The molecule has 0 saturated heterocycles. The van der Waals surface area contributed by atoms with Crippen molar-refractivity contribution in [3.8, 4) is 0 Å². The monoisotopic (exact) mass is 412 g/mol. The molecule has 0 unspecified atom stereocenters. The van der Waals surface area contributed by atoms with Gasteiger partial charge in [0.25, 0.3) is 11.6 Å². The van der Waals surface area contributed by atoms with E-state index in [2.05, 4.69) is 10.2 Å². The van der Waals surface area contributed by atoms with E-state index in [4.69, 9.17) is 0 Å². The van der Waals surface area contributed by atoms with Gasteiger partial charge in [-0.05, 0) is 24.3 Å². The SMILES string of the molecule is COC(=O)[C@](NNc1ccc([N+](=O)[O-])cc1)(NC(=O)c1ccccc1)C(F)(F)F. The number of methoxy groups -OCH3 is 1. The van der Waals surface area contributed by atoms with Gasteiger partial charge in [0.05, 0.1) is 12.0 Å². The Bertz CT molecular complexity index is 890. The molecule has 0 aromatic heterocycles. The molecule has 0 spiro atoms. The van der Waals surface area contributed by atoms with Gasteiger partial charge in [-0.15, -0.1) is 0 Å². The Morgan fingerprint density at radius 2 is 1.62 bits per heavy atom. The minimum atomic E-state index is -5.32. The third kappa shape index (κ3) is 4.79. The van der Waals surface area contributed by atoms with Crippen LogP contribution < -0.4 is 16.2 Å². The number of amides is 1. The minimum Gasteiger partial charge on any atom is -0.466 e. The van der Waals surface area contributed by atoms with Gasteiger partial charge in [0.2, 0.25) is 0 Å². The number of alkyl halides is 3. The van der Waals surface area contributed by atoms with E-state index in [1.807, 2.05) is 0 Å². The number of rotatable bonds is 7. The van der Waals surface area contributed by atoms with E-state index in [-0.39, 0.29) is 16.9 Å². The molecule has 9 nitrogen and oxygen atoms in total. The lowest BCUT2D eigenvalue weighted by Crippen LogP contribution is -2.73. The molecule has 154 valence electrons. The molecule has 2 aromatic carbocycles. The second-order valence-electron chi connectivity index (χ2n) is 5.61. The van der Waals surface area contributed by atoms with Gasteiger partial charge in [0, 0.05) is 23.4 Å². The second-order valence-corrected chi connectivity index (χ2v) is 5.61. The maximum Gasteiger partial charge on any atom is 0.438 e. The van der Waals surface area contributed by atoms with Crippen molar-refractivity contribution in [2.24, 2.45) is 0 Å². The lowest BCUT2D eigenvalue weighted by molar-refractivity contribution is -0.384. The minimum absolute atomic E-state index is 0.0397. The van der Waals surface area contributed by atoms with Crippen LogP contribution in [0.5, 0.6) is 0 Å². The Labute approximate surface area is 162 Å². The number of benzene rings is 2. The standard InChI is InChI=1S/C17H15F3N4O5/c1-29-15(26)16(17(18,19)20,21-14(25)11-5-3-2-4-6-11)23-22-12-7-9-13(10-8-12)24(27)28/h2-10,22-23H,1H3,(H,21,25)/t16-/m1/s1. The number of non-ortho nitro benzene ring substituents is 1. The molecule has 29 heavy (non-hydrogen) atoms. The number of carbonyl (C=O) groups excluding carboxylic acids is 2. The van der Waals surface area contributed by atoms with Crippen LogP contribution >= 0.6 is 0 Å². The second kappa shape index (κ2) is 8.56. The summed E-state index contributed by atoms with van der Waals surface area (Å²) in [6.45, 7) is 0. The number of esters is 1. The van der Waals surface area contributed by atoms with Crippen LogP contribution in [-0.4, -0.2) is 35.7 Å². The highest BCUT2D eigenvalue weighted by atomic mass is 19.4. The van der Waals surface area contributed by atoms with E-state index in [0.717, 1.165) is 31.4 Å². The maximum absolute atomic E-state index is 13.9. The number of hydrazine groups is 1. The summed E-state index contributed by atoms with van der Waals surface area (Å²) < 4.78 is 45.8. The molecule has 0 aliphatic heterocycles. The van der Waals surface area contributed by atoms with Crippen molar-refractivity contribution < 1.29 is 32.4 Å². The predicted octanol–water partition coefficient (Wildman–Crippen LogP) is 2.37. The zero-order valence-electron chi connectivity index (χ0n) is 14.8. The summed E-state index contributed by atoms with van der Waals surface area (Å²) in [5.74, 6) is -3.02. The van der Waals surface area contributed by atoms with Crippen molar-refractivity contribution >= 4 is 23.3 Å². The van der Waals surface area contributed by atoms with E-state index in [0.29, 0.717) is 0 Å². The van der Waals surface area contributed by atoms with Crippen LogP contribution in [0.3, 0.4) is 0 Å². The lowest BCUT2D eigenvalue weighted by atomic mass is 10.1. The topological polar surface area (TPSA) is 123 Å². The van der Waals surface area contributed by atoms with Crippen LogP contribution in [0.15, 0.2) is 54.6 Å². The third-order valence-electron chi connectivity index (χ3n) is 3.73. The predicted molar refractivity (Wildman–Crippen MR) is 94.6 cm³/mol. The number of nitro groups is 1. The fraction of sp³-hybridized carbons (Fsp3) is 0.176. The first kappa shape index (κ1) is 21.6. The largest absolute Gasteiger partial charge is 0.466 e. The average molecular weight is 412 g/mol. The molecule has 2 rings (SSSR count). The van der Waals surface area contributed by atoms with Gasteiger partial charge in [-0.25, -0.2) is 4.79 Å². The van der Waals surface area contributed by atoms with Crippen molar-refractivity contribution in [1.29, 1.82) is 0 Å². The van der Waals surface area contributed by atoms with Crippen LogP contribution in [0.1, 0.15) is 10.4 Å². The smallest absolute Gasteiger partial charge is 0.438 e. The van der Waals surface area contributed by atoms with Gasteiger partial charge < -0.3 is 15.5 Å². The Kier molecular flexibility index (Phi) is 6.38. The van der Waals surface area contributed by atoms with Gasteiger partial charge >= 0.3 is 17.8 Å². The number of anilines is 1. The number of hydrogen-bond acceptors (Lipinski definition) is 7. The van der Waals surface area contributed by atoms with Crippen LogP contribution in [0.25, 0.3) is 0 Å². The van der Waals surface area contributed by atoms with Crippen LogP contribution in [0.2, 0.25) is 0 Å². The fourth-order valence-electron chi connectivity index (χ4n) is 2.21. The normalized spacial score (nSPS) is 13.1. The van der Waals surface area contributed by atoms with Gasteiger partial charge in [-0.3, -0.25) is 14.9 Å². The highest BCUT2D eigenvalue weighted by Gasteiger charge is 2.63. The summed E-state index contributed by atoms with van der Waals surface area (Å²) in [5.41, 5.74) is -0.234. The summed E-state index contributed by atoms with van der Waals surface area (Å²) in [7, 11) is 0.727. The molecule has 3 N–H and O–H groups in total. The number of hydrogen-bond donors (Lipinski definition) is 3. The number of nitrogens with zero attached hydrogens (tertiary/aromatic N) is 1. The van der Waals surface area contributed by atoms with Gasteiger partial charge in [-0.1, -0.05) is 18.2 Å². The summed E-state index contributed by atoms with van der Waals surface area (Å²) in [6.07, 6.45) is -5.32. The molecule has 0 saturated carbocycles. The number of ether oxygens (including phenoxy) is 1. The highest BCUT2D eigenvalue weighted by Crippen LogP contribution is 2.30. The van der Waals surface area contributed by atoms with Crippen molar-refractivity contribution in [2.45, 2.75) is 11.8 Å². The summed E-state index contributed by atoms with van der Waals surface area (Å²) in [5, 5.41) is 12.3. The highest BCUT2D eigenvalue weighted by molar-refractivity contribution is 5.98. The van der Waals surface area contributed by atoms with Crippen molar-refractivity contribution in [3.63, 3.8) is 0 Å². The molecular weight excluding hydrogens is 397 g/mol. The fourth-order valence-corrected chi connectivity index (χ4v) is 2.21. The van der Waals surface area contributed by atoms with Crippen LogP contribution in [0, 0.1) is 10.1 Å². The van der Waals surface area contributed by atoms with Gasteiger partial charge in [0.15, 0.2) is 0 Å². The van der Waals surface area contributed by atoms with Crippen molar-refractivity contribution in [1.82, 2.24) is 10.7 Å². The maximum atomic E-state index is 13.9. The molecule has 0 heterocycles. The quantitative estimate of drug-likeness (QED) is 0.276. The zero-order valence-corrected chi connectivity index (χ0v) is 14.8. The molecule has 0 fully saturated rings.